The molecule has 3 aliphatic rings. The molecule has 0 aliphatic carbocycles. The van der Waals surface area contributed by atoms with Crippen LogP contribution in [0.25, 0.3) is 10.9 Å². The van der Waals surface area contributed by atoms with Gasteiger partial charge in [-0.15, -0.1) is 0 Å². The van der Waals surface area contributed by atoms with Crippen molar-refractivity contribution in [1.29, 1.82) is 0 Å². The van der Waals surface area contributed by atoms with Gasteiger partial charge in [-0.25, -0.2) is 4.39 Å². The Balaban J connectivity index is 1.16. The van der Waals surface area contributed by atoms with Gasteiger partial charge < -0.3 is 4.90 Å². The first-order chi connectivity index (χ1) is 17.4. The van der Waals surface area contributed by atoms with Crippen LogP contribution in [-0.2, 0) is 29.7 Å². The summed E-state index contributed by atoms with van der Waals surface area (Å²) in [5, 5.41) is 7.89. The molecule has 3 amide bonds. The van der Waals surface area contributed by atoms with Crippen LogP contribution in [0.15, 0.2) is 36.5 Å². The van der Waals surface area contributed by atoms with Crippen LogP contribution in [0.3, 0.4) is 0 Å². The molecule has 186 valence electrons. The van der Waals surface area contributed by atoms with E-state index < -0.39 is 17.8 Å². The lowest BCUT2D eigenvalue weighted by atomic mass is 9.85. The van der Waals surface area contributed by atoms with Crippen molar-refractivity contribution in [2.45, 2.75) is 50.7 Å². The van der Waals surface area contributed by atoms with Crippen LogP contribution < -0.4 is 5.32 Å². The lowest BCUT2D eigenvalue weighted by Gasteiger charge is -2.33. The van der Waals surface area contributed by atoms with Crippen LogP contribution in [0, 0.1) is 5.82 Å². The minimum atomic E-state index is -0.697. The van der Waals surface area contributed by atoms with Gasteiger partial charge in [-0.3, -0.25) is 29.3 Å². The van der Waals surface area contributed by atoms with Crippen LogP contribution in [0.5, 0.6) is 0 Å². The number of piperidine rings is 2. The molecule has 2 saturated heterocycles. The summed E-state index contributed by atoms with van der Waals surface area (Å²) < 4.78 is 16.5. The van der Waals surface area contributed by atoms with E-state index in [1.807, 2.05) is 17.9 Å². The van der Waals surface area contributed by atoms with Crippen LogP contribution >= 0.6 is 0 Å². The van der Waals surface area contributed by atoms with Gasteiger partial charge in [0.05, 0.1) is 5.52 Å². The normalized spacial score (nSPS) is 21.3. The van der Waals surface area contributed by atoms with Crippen molar-refractivity contribution in [3.63, 3.8) is 0 Å². The van der Waals surface area contributed by atoms with E-state index in [9.17, 15) is 18.8 Å². The molecule has 3 aromatic rings. The second-order valence-corrected chi connectivity index (χ2v) is 10.2. The van der Waals surface area contributed by atoms with Gasteiger partial charge in [0.2, 0.25) is 11.8 Å². The molecule has 3 aliphatic heterocycles. The van der Waals surface area contributed by atoms with Gasteiger partial charge in [0.15, 0.2) is 0 Å². The van der Waals surface area contributed by atoms with E-state index >= 15 is 0 Å². The van der Waals surface area contributed by atoms with E-state index in [4.69, 9.17) is 0 Å². The van der Waals surface area contributed by atoms with E-state index in [1.165, 1.54) is 16.5 Å². The number of imide groups is 1. The number of benzene rings is 2. The second kappa shape index (κ2) is 8.81. The van der Waals surface area contributed by atoms with Crippen molar-refractivity contribution in [1.82, 2.24) is 24.9 Å². The Morgan fingerprint density at radius 2 is 1.89 bits per heavy atom. The van der Waals surface area contributed by atoms with Gasteiger partial charge in [0.1, 0.15) is 11.9 Å². The maximum absolute atomic E-state index is 14.6. The Morgan fingerprint density at radius 1 is 1.08 bits per heavy atom. The van der Waals surface area contributed by atoms with Crippen molar-refractivity contribution in [2.24, 2.45) is 7.05 Å². The predicted molar refractivity (Wildman–Crippen MR) is 130 cm³/mol. The lowest BCUT2D eigenvalue weighted by molar-refractivity contribution is -0.136. The smallest absolute Gasteiger partial charge is 0.255 e. The molecule has 6 rings (SSSR count). The molecule has 2 fully saturated rings. The molecule has 36 heavy (non-hydrogen) atoms. The molecular formula is C27H28FN5O3. The molecule has 1 unspecified atom stereocenters. The van der Waals surface area contributed by atoms with Gasteiger partial charge in [-0.05, 0) is 79.2 Å². The minimum absolute atomic E-state index is 0.154. The summed E-state index contributed by atoms with van der Waals surface area (Å²) in [6.07, 6.45) is 4.26. The van der Waals surface area contributed by atoms with Crippen molar-refractivity contribution in [2.75, 3.05) is 13.1 Å². The zero-order valence-corrected chi connectivity index (χ0v) is 20.2. The van der Waals surface area contributed by atoms with Crippen LogP contribution in [-0.4, -0.2) is 56.4 Å². The zero-order chi connectivity index (χ0) is 25.0. The number of aryl methyl sites for hydroxylation is 1. The molecule has 2 aromatic carbocycles. The Morgan fingerprint density at radius 3 is 2.67 bits per heavy atom. The first-order valence-electron chi connectivity index (χ1n) is 12.5. The Hall–Kier alpha value is -3.59. The number of fused-ring (bicyclic) bond motifs is 2. The number of carbonyl (C=O) groups excluding carboxylic acids is 3. The molecule has 8 nitrogen and oxygen atoms in total. The Bertz CT molecular complexity index is 1390. The number of aromatic nitrogens is 2. The molecule has 0 radical (unpaired) electrons. The van der Waals surface area contributed by atoms with Crippen molar-refractivity contribution in [3.8, 4) is 0 Å². The molecule has 0 saturated carbocycles. The summed E-state index contributed by atoms with van der Waals surface area (Å²) in [4.78, 5) is 41.0. The number of likely N-dealkylation sites (tertiary alicyclic amines) is 1. The number of amides is 3. The molecule has 4 heterocycles. The first kappa shape index (κ1) is 22.8. The first-order valence-corrected chi connectivity index (χ1v) is 12.5. The molecule has 1 atom stereocenters. The molecule has 1 aromatic heterocycles. The molecule has 9 heteroatoms. The third-order valence-electron chi connectivity index (χ3n) is 7.77. The van der Waals surface area contributed by atoms with Crippen LogP contribution in [0.4, 0.5) is 4.39 Å². The highest BCUT2D eigenvalue weighted by molar-refractivity contribution is 6.05. The standard InChI is InChI=1S/C27H28FN5O3/c1-31-14-18-10-16(2-3-23(18)30-31)13-32-8-6-17(7-9-32)20-11-19(28)12-21-22(20)15-33(27(21)36)24-4-5-25(34)29-26(24)35/h2-3,10-12,14,17,24H,4-9,13,15H2,1H3,(H,29,34,35). The largest absolute Gasteiger partial charge is 0.322 e. The Labute approximate surface area is 208 Å². The number of halogens is 1. The number of hydrogen-bond donors (Lipinski definition) is 1. The SMILES string of the molecule is Cn1cc2cc(CN3CCC(c4cc(F)cc5c4CN(C4CCC(=O)NC4=O)C5=O)CC3)ccc2n1. The van der Waals surface area contributed by atoms with Crippen molar-refractivity contribution < 1.29 is 18.8 Å². The number of nitrogens with zero attached hydrogens (tertiary/aromatic N) is 4. The Kier molecular flexibility index (Phi) is 5.59. The van der Waals surface area contributed by atoms with Gasteiger partial charge in [0.25, 0.3) is 5.91 Å². The lowest BCUT2D eigenvalue weighted by Crippen LogP contribution is -2.52. The highest BCUT2D eigenvalue weighted by Crippen LogP contribution is 2.38. The van der Waals surface area contributed by atoms with Gasteiger partial charge in [0, 0.05) is 43.7 Å². The van der Waals surface area contributed by atoms with Crippen molar-refractivity contribution >= 4 is 28.6 Å². The highest BCUT2D eigenvalue weighted by atomic mass is 19.1. The maximum atomic E-state index is 14.6. The minimum Gasteiger partial charge on any atom is -0.322 e. The fraction of sp³-hybridized carbons (Fsp3) is 0.407. The number of rotatable bonds is 4. The van der Waals surface area contributed by atoms with Gasteiger partial charge in [-0.1, -0.05) is 6.07 Å². The van der Waals surface area contributed by atoms with E-state index in [1.54, 1.807) is 6.07 Å². The second-order valence-electron chi connectivity index (χ2n) is 10.2. The quantitative estimate of drug-likeness (QED) is 0.570. The summed E-state index contributed by atoms with van der Waals surface area (Å²) in [6.45, 7) is 2.89. The average molecular weight is 490 g/mol. The monoisotopic (exact) mass is 489 g/mol. The third kappa shape index (κ3) is 4.07. The van der Waals surface area contributed by atoms with Gasteiger partial charge >= 0.3 is 0 Å². The zero-order valence-electron chi connectivity index (χ0n) is 20.2. The fourth-order valence-corrected chi connectivity index (χ4v) is 5.97. The van der Waals surface area contributed by atoms with Crippen molar-refractivity contribution in [3.05, 3.63) is 64.6 Å². The van der Waals surface area contributed by atoms with E-state index in [2.05, 4.69) is 33.5 Å². The fourth-order valence-electron chi connectivity index (χ4n) is 5.97. The van der Waals surface area contributed by atoms with Crippen LogP contribution in [0.2, 0.25) is 0 Å². The molecule has 0 spiro atoms. The summed E-state index contributed by atoms with van der Waals surface area (Å²) in [5.41, 5.74) is 4.28. The van der Waals surface area contributed by atoms with Crippen LogP contribution in [0.1, 0.15) is 58.6 Å². The van der Waals surface area contributed by atoms with E-state index in [-0.39, 0.29) is 30.7 Å². The summed E-state index contributed by atoms with van der Waals surface area (Å²) in [7, 11) is 1.92. The van der Waals surface area contributed by atoms with Gasteiger partial charge in [-0.2, -0.15) is 5.10 Å². The number of carbonyl (C=O) groups is 3. The predicted octanol–water partition coefficient (Wildman–Crippen LogP) is 2.85. The third-order valence-corrected chi connectivity index (χ3v) is 7.77. The molecular weight excluding hydrogens is 461 g/mol. The van der Waals surface area contributed by atoms with E-state index in [0.717, 1.165) is 54.5 Å². The topological polar surface area (TPSA) is 87.5 Å². The average Bonchev–Trinajstić information content (AvgIpc) is 3.38. The molecule has 1 N–H and O–H groups in total. The molecule has 0 bridgehead atoms. The summed E-state index contributed by atoms with van der Waals surface area (Å²) in [6, 6.07) is 8.52. The number of hydrogen-bond acceptors (Lipinski definition) is 5. The highest BCUT2D eigenvalue weighted by Gasteiger charge is 2.41. The van der Waals surface area contributed by atoms with E-state index in [0.29, 0.717) is 12.0 Å². The summed E-state index contributed by atoms with van der Waals surface area (Å²) in [5.74, 6) is -1.37. The summed E-state index contributed by atoms with van der Waals surface area (Å²) >= 11 is 0. The number of nitrogens with one attached hydrogen (secondary N) is 1. The maximum Gasteiger partial charge on any atom is 0.255 e.